The fraction of sp³-hybridized carbons (Fsp3) is 0.625. The lowest BCUT2D eigenvalue weighted by atomic mass is 10.0. The molecule has 0 spiro atoms. The molecule has 0 unspecified atom stereocenters. The zero-order valence-electron chi connectivity index (χ0n) is 15.2. The van der Waals surface area contributed by atoms with Gasteiger partial charge in [0, 0.05) is 25.9 Å². The number of piperidine rings is 1. The smallest absolute Gasteiger partial charge is 0.410 e. The van der Waals surface area contributed by atoms with Gasteiger partial charge in [-0.2, -0.15) is 0 Å². The Kier molecular flexibility index (Phi) is 6.25. The van der Waals surface area contributed by atoms with Crippen LogP contribution in [0.15, 0.2) is 12.3 Å². The van der Waals surface area contributed by atoms with Gasteiger partial charge in [-0.15, -0.1) is 0 Å². The number of nitrogens with zero attached hydrogens (tertiary/aromatic N) is 3. The number of carbonyl (C=O) groups is 1. The van der Waals surface area contributed by atoms with E-state index in [1.165, 1.54) is 17.2 Å². The fourth-order valence-electron chi connectivity index (χ4n) is 2.74. The summed E-state index contributed by atoms with van der Waals surface area (Å²) in [6.07, 6.45) is 1.30. The Morgan fingerprint density at radius 2 is 2.15 bits per heavy atom. The molecule has 26 heavy (non-hydrogen) atoms. The highest BCUT2D eigenvalue weighted by atomic mass is 35.5. The second kappa shape index (κ2) is 8.05. The molecule has 1 N–H and O–H groups in total. The normalized spacial score (nSPS) is 20.6. The van der Waals surface area contributed by atoms with E-state index in [0.29, 0.717) is 19.5 Å². The van der Waals surface area contributed by atoms with E-state index in [9.17, 15) is 14.9 Å². The van der Waals surface area contributed by atoms with Gasteiger partial charge in [-0.05, 0) is 33.3 Å². The number of nitro groups is 1. The van der Waals surface area contributed by atoms with Crippen molar-refractivity contribution in [3.63, 3.8) is 0 Å². The standard InChI is InChI=1S/C16H23ClN4O5/c1-16(2,3)26-15(22)20-8-10(7-11(9-20)25-4)19-12-5-6-18-14(17)13(12)21(23)24/h5-6,10-11H,7-9H2,1-4H3,(H,18,19)/t10-,11-/m1/s1. The Labute approximate surface area is 156 Å². The summed E-state index contributed by atoms with van der Waals surface area (Å²) in [5, 5.41) is 14.2. The van der Waals surface area contributed by atoms with Gasteiger partial charge in [-0.1, -0.05) is 11.6 Å². The number of methoxy groups -OCH3 is 1. The van der Waals surface area contributed by atoms with Crippen LogP contribution in [0.5, 0.6) is 0 Å². The molecule has 1 aromatic rings. The molecular formula is C16H23ClN4O5. The van der Waals surface area contributed by atoms with Crippen LogP contribution in [0.2, 0.25) is 5.15 Å². The lowest BCUT2D eigenvalue weighted by molar-refractivity contribution is -0.384. The van der Waals surface area contributed by atoms with Gasteiger partial charge >= 0.3 is 11.8 Å². The highest BCUT2D eigenvalue weighted by molar-refractivity contribution is 6.32. The van der Waals surface area contributed by atoms with Crippen LogP contribution in [0.3, 0.4) is 0 Å². The number of carbonyl (C=O) groups excluding carboxylic acids is 1. The number of pyridine rings is 1. The van der Waals surface area contributed by atoms with E-state index < -0.39 is 16.6 Å². The molecule has 2 heterocycles. The number of aromatic nitrogens is 1. The Bertz CT molecular complexity index is 679. The van der Waals surface area contributed by atoms with Crippen LogP contribution in [0.1, 0.15) is 27.2 Å². The number of hydrogen-bond acceptors (Lipinski definition) is 7. The van der Waals surface area contributed by atoms with Crippen LogP contribution in [0, 0.1) is 10.1 Å². The first-order valence-corrected chi connectivity index (χ1v) is 8.54. The number of ether oxygens (including phenoxy) is 2. The molecule has 1 fully saturated rings. The molecule has 0 aliphatic carbocycles. The highest BCUT2D eigenvalue weighted by Crippen LogP contribution is 2.32. The molecule has 0 saturated carbocycles. The summed E-state index contributed by atoms with van der Waals surface area (Å²) in [5.41, 5.74) is -0.657. The van der Waals surface area contributed by atoms with Crippen molar-refractivity contribution in [3.8, 4) is 0 Å². The molecule has 2 atom stereocenters. The molecule has 9 nitrogen and oxygen atoms in total. The minimum absolute atomic E-state index is 0.192. The summed E-state index contributed by atoms with van der Waals surface area (Å²) in [5.74, 6) is 0. The van der Waals surface area contributed by atoms with Crippen molar-refractivity contribution in [2.45, 2.75) is 44.9 Å². The lowest BCUT2D eigenvalue weighted by Crippen LogP contribution is -2.52. The number of likely N-dealkylation sites (tertiary alicyclic amines) is 1. The molecule has 1 saturated heterocycles. The summed E-state index contributed by atoms with van der Waals surface area (Å²) in [7, 11) is 1.56. The summed E-state index contributed by atoms with van der Waals surface area (Å²) < 4.78 is 10.8. The van der Waals surface area contributed by atoms with E-state index in [1.54, 1.807) is 27.9 Å². The van der Waals surface area contributed by atoms with E-state index in [2.05, 4.69) is 10.3 Å². The molecule has 144 valence electrons. The number of amides is 1. The van der Waals surface area contributed by atoms with E-state index in [4.69, 9.17) is 21.1 Å². The van der Waals surface area contributed by atoms with E-state index in [1.807, 2.05) is 0 Å². The van der Waals surface area contributed by atoms with Crippen molar-refractivity contribution in [2.75, 3.05) is 25.5 Å². The molecular weight excluding hydrogens is 364 g/mol. The van der Waals surface area contributed by atoms with Crippen LogP contribution >= 0.6 is 11.6 Å². The third kappa shape index (κ3) is 5.18. The average Bonchev–Trinajstić information content (AvgIpc) is 2.52. The van der Waals surface area contributed by atoms with Crippen LogP contribution in [-0.4, -0.2) is 58.8 Å². The minimum Gasteiger partial charge on any atom is -0.444 e. The van der Waals surface area contributed by atoms with Gasteiger partial charge < -0.3 is 19.7 Å². The van der Waals surface area contributed by atoms with E-state index in [-0.39, 0.29) is 28.7 Å². The van der Waals surface area contributed by atoms with Gasteiger partial charge in [-0.3, -0.25) is 10.1 Å². The van der Waals surface area contributed by atoms with Crippen molar-refractivity contribution in [2.24, 2.45) is 0 Å². The van der Waals surface area contributed by atoms with Crippen molar-refractivity contribution in [1.82, 2.24) is 9.88 Å². The zero-order chi connectivity index (χ0) is 19.5. The second-order valence-corrected chi connectivity index (χ2v) is 7.43. The first kappa shape index (κ1) is 20.2. The average molecular weight is 387 g/mol. The lowest BCUT2D eigenvalue weighted by Gasteiger charge is -2.38. The molecule has 1 aliphatic heterocycles. The maximum atomic E-state index is 12.4. The largest absolute Gasteiger partial charge is 0.444 e. The van der Waals surface area contributed by atoms with Gasteiger partial charge in [0.05, 0.1) is 17.6 Å². The Hall–Kier alpha value is -2.13. The van der Waals surface area contributed by atoms with Gasteiger partial charge in [0.25, 0.3) is 0 Å². The van der Waals surface area contributed by atoms with E-state index >= 15 is 0 Å². The summed E-state index contributed by atoms with van der Waals surface area (Å²) in [4.78, 5) is 28.3. The number of anilines is 1. The van der Waals surface area contributed by atoms with E-state index in [0.717, 1.165) is 0 Å². The number of rotatable bonds is 4. The Balaban J connectivity index is 2.18. The topological polar surface area (TPSA) is 107 Å². The van der Waals surface area contributed by atoms with Gasteiger partial charge in [0.1, 0.15) is 11.3 Å². The summed E-state index contributed by atoms with van der Waals surface area (Å²) >= 11 is 5.85. The maximum absolute atomic E-state index is 12.4. The summed E-state index contributed by atoms with van der Waals surface area (Å²) in [6, 6.07) is 1.22. The van der Waals surface area contributed by atoms with Gasteiger partial charge in [0.2, 0.25) is 5.15 Å². The van der Waals surface area contributed by atoms with Crippen molar-refractivity contribution in [3.05, 3.63) is 27.5 Å². The number of hydrogen-bond donors (Lipinski definition) is 1. The number of halogens is 1. The molecule has 0 bridgehead atoms. The van der Waals surface area contributed by atoms with Crippen LogP contribution in [-0.2, 0) is 9.47 Å². The second-order valence-electron chi connectivity index (χ2n) is 7.08. The summed E-state index contributed by atoms with van der Waals surface area (Å²) in [6.45, 7) is 6.09. The maximum Gasteiger partial charge on any atom is 0.410 e. The monoisotopic (exact) mass is 386 g/mol. The predicted molar refractivity (Wildman–Crippen MR) is 96.5 cm³/mol. The molecule has 10 heteroatoms. The Morgan fingerprint density at radius 1 is 1.46 bits per heavy atom. The predicted octanol–water partition coefficient (Wildman–Crippen LogP) is 3.08. The first-order chi connectivity index (χ1) is 12.1. The minimum atomic E-state index is -0.614. The molecule has 1 aliphatic rings. The Morgan fingerprint density at radius 3 is 2.73 bits per heavy atom. The third-order valence-electron chi connectivity index (χ3n) is 3.82. The fourth-order valence-corrected chi connectivity index (χ4v) is 2.97. The molecule has 2 rings (SSSR count). The molecule has 1 amide bonds. The van der Waals surface area contributed by atoms with Crippen LogP contribution in [0.25, 0.3) is 0 Å². The highest BCUT2D eigenvalue weighted by Gasteiger charge is 2.33. The number of nitrogens with one attached hydrogen (secondary N) is 1. The quantitative estimate of drug-likeness (QED) is 0.481. The third-order valence-corrected chi connectivity index (χ3v) is 4.10. The molecule has 0 aromatic carbocycles. The van der Waals surface area contributed by atoms with Crippen molar-refractivity contribution < 1.29 is 19.2 Å². The SMILES string of the molecule is CO[C@@H]1C[C@@H](Nc2ccnc(Cl)c2[N+](=O)[O-])CN(C(=O)OC(C)(C)C)C1. The van der Waals surface area contributed by atoms with Crippen molar-refractivity contribution in [1.29, 1.82) is 0 Å². The van der Waals surface area contributed by atoms with Gasteiger partial charge in [-0.25, -0.2) is 9.78 Å². The molecule has 0 radical (unpaired) electrons. The first-order valence-electron chi connectivity index (χ1n) is 8.17. The van der Waals surface area contributed by atoms with Crippen LogP contribution in [0.4, 0.5) is 16.2 Å². The molecule has 1 aromatic heterocycles. The van der Waals surface area contributed by atoms with Gasteiger partial charge in [0.15, 0.2) is 0 Å². The zero-order valence-corrected chi connectivity index (χ0v) is 15.9. The van der Waals surface area contributed by atoms with Crippen molar-refractivity contribution >= 4 is 29.1 Å². The van der Waals surface area contributed by atoms with Crippen LogP contribution < -0.4 is 5.32 Å².